The molecule has 0 saturated carbocycles. The van der Waals surface area contributed by atoms with Crippen molar-refractivity contribution < 1.29 is 40.3 Å². The fourth-order valence-corrected chi connectivity index (χ4v) is 10.2. The van der Waals surface area contributed by atoms with Gasteiger partial charge in [0.2, 0.25) is 5.95 Å². The minimum absolute atomic E-state index is 0.0274. The highest BCUT2D eigenvalue weighted by atomic mass is 32.2. The summed E-state index contributed by atoms with van der Waals surface area (Å²) in [6, 6.07) is 16.1. The molecule has 0 aliphatic carbocycles. The molecule has 2 amide bonds. The number of hydrogen-bond donors (Lipinski definition) is 4. The van der Waals surface area contributed by atoms with Crippen LogP contribution in [0.1, 0.15) is 184 Å². The molecule has 0 bridgehead atoms. The Hall–Kier alpha value is -5.35. The zero-order valence-corrected chi connectivity index (χ0v) is 49.9. The number of carbonyl (C=O) groups is 2. The zero-order valence-electron chi connectivity index (χ0n) is 48.3. The van der Waals surface area contributed by atoms with Gasteiger partial charge in [-0.15, -0.1) is 0 Å². The first-order valence-corrected chi connectivity index (χ1v) is 29.2. The monoisotopic (exact) mass is 1110 g/mol. The summed E-state index contributed by atoms with van der Waals surface area (Å²) < 4.78 is 68.3. The molecular formula is C56H87FN10O8S2. The van der Waals surface area contributed by atoms with Crippen LogP contribution in [-0.2, 0) is 40.4 Å². The molecule has 4 aromatic rings. The number of carbonyl (C=O) groups excluding carboxylic acids is 2. The van der Waals surface area contributed by atoms with E-state index in [1.165, 1.54) is 17.7 Å². The standard InChI is InChI=1S/C28H43N5O4S.C23H39N3O2.C5H5FN2O2S/c1-26(2,3)20-13-15-21(30-17-20)22(31-23-10-9-11-24(32-23)38(29,35)36)14-12-19-16-28(7,8)33(18-19)25(34)37-27(4,5)6;1-21(2,3)17-10-12-19(25-14-17)18(24)11-9-16-13-23(7,8)26(15-16)20(27)28-22(4,5)6;6-4-2-1-3-5(8-4)11(7,9)10/h9-11,13,15,17,19,22H,12,14,16,18H2,1-8H3,(H,31,32)(H2,29,35,36);10,12,14,16,18H,9,11,13,15,24H2,1-8H3;1-3H,(H2,7,9,10)/t19-,22?;16-,18?;/m00./s1. The molecule has 0 spiro atoms. The molecule has 6 heterocycles. The van der Waals surface area contributed by atoms with Gasteiger partial charge in [-0.3, -0.25) is 9.97 Å². The Bertz CT molecular complexity index is 2840. The van der Waals surface area contributed by atoms with Crippen LogP contribution in [0.4, 0.5) is 19.8 Å². The second kappa shape index (κ2) is 24.8. The van der Waals surface area contributed by atoms with Gasteiger partial charge in [0, 0.05) is 42.6 Å². The van der Waals surface area contributed by atoms with Crippen LogP contribution in [0.15, 0.2) is 83.1 Å². The summed E-state index contributed by atoms with van der Waals surface area (Å²) in [5.74, 6) is 0.253. The first-order chi connectivity index (χ1) is 35.0. The first kappa shape index (κ1) is 64.2. The van der Waals surface area contributed by atoms with Gasteiger partial charge in [-0.05, 0) is 178 Å². The maximum Gasteiger partial charge on any atom is 0.410 e. The molecule has 77 heavy (non-hydrogen) atoms. The second-order valence-electron chi connectivity index (χ2n) is 25.6. The van der Waals surface area contributed by atoms with Gasteiger partial charge in [0.15, 0.2) is 10.1 Å². The number of pyridine rings is 4. The SMILES string of the molecule is CC(C)(C)OC(=O)N1C[C@@H](CCC(N)c2ccc(C(C)(C)C)cn2)CC1(C)C.CC(C)(C)OC(=O)N1C[C@@H](CCC(Nc2cccc(S(N)(=O)=O)n2)c2ccc(C(C)(C)C)cn2)CC1(C)C.NS(=O)(=O)c1cccc(F)n1. The number of halogens is 1. The van der Waals surface area contributed by atoms with Crippen LogP contribution < -0.4 is 21.3 Å². The zero-order chi connectivity index (χ0) is 58.3. The predicted octanol–water partition coefficient (Wildman–Crippen LogP) is 10.5. The fraction of sp³-hybridized carbons (Fsp3) is 0.607. The number of sulfonamides is 2. The molecule has 2 fully saturated rings. The number of nitrogens with two attached hydrogens (primary N) is 3. The van der Waals surface area contributed by atoms with Crippen LogP contribution in [0.25, 0.3) is 0 Å². The largest absolute Gasteiger partial charge is 0.444 e. The number of likely N-dealkylation sites (tertiary alicyclic amines) is 2. The first-order valence-electron chi connectivity index (χ1n) is 26.2. The number of anilines is 1. The molecule has 2 unspecified atom stereocenters. The highest BCUT2D eigenvalue weighted by molar-refractivity contribution is 7.89. The summed E-state index contributed by atoms with van der Waals surface area (Å²) in [7, 11) is -7.81. The third-order valence-electron chi connectivity index (χ3n) is 13.3. The Kier molecular flexibility index (Phi) is 20.6. The molecule has 0 aromatic carbocycles. The molecule has 2 aliphatic rings. The van der Waals surface area contributed by atoms with E-state index in [1.807, 2.05) is 69.8 Å². The number of primary sulfonamides is 2. The normalized spacial score (nSPS) is 18.5. The third kappa shape index (κ3) is 20.1. The molecule has 428 valence electrons. The quantitative estimate of drug-likeness (QED) is 0.0962. The van der Waals surface area contributed by atoms with Crippen molar-refractivity contribution in [2.45, 2.75) is 205 Å². The van der Waals surface area contributed by atoms with Crippen molar-refractivity contribution >= 4 is 38.1 Å². The average Bonchev–Trinajstić information content (AvgIpc) is 3.78. The number of hydrogen-bond acceptors (Lipinski definition) is 14. The summed E-state index contributed by atoms with van der Waals surface area (Å²) in [6.45, 7) is 34.0. The van der Waals surface area contributed by atoms with Crippen molar-refractivity contribution in [3.05, 3.63) is 102 Å². The van der Waals surface area contributed by atoms with Gasteiger partial charge in [0.25, 0.3) is 20.0 Å². The molecule has 4 aromatic heterocycles. The molecule has 7 N–H and O–H groups in total. The minimum atomic E-state index is -3.93. The highest BCUT2D eigenvalue weighted by Gasteiger charge is 2.44. The van der Waals surface area contributed by atoms with Gasteiger partial charge in [0.1, 0.15) is 17.0 Å². The maximum atomic E-state index is 12.9. The van der Waals surface area contributed by atoms with E-state index in [1.54, 1.807) is 12.1 Å². The molecule has 2 aliphatic heterocycles. The van der Waals surface area contributed by atoms with Crippen molar-refractivity contribution in [2.24, 2.45) is 27.8 Å². The van der Waals surface area contributed by atoms with E-state index in [-0.39, 0.29) is 57.1 Å². The summed E-state index contributed by atoms with van der Waals surface area (Å²) in [6.07, 6.45) is 8.54. The van der Waals surface area contributed by atoms with E-state index in [2.05, 4.69) is 113 Å². The molecular weight excluding hydrogens is 1020 g/mol. The summed E-state index contributed by atoms with van der Waals surface area (Å²) >= 11 is 0. The average molecular weight is 1110 g/mol. The number of nitrogens with zero attached hydrogens (tertiary/aromatic N) is 6. The summed E-state index contributed by atoms with van der Waals surface area (Å²) in [5.41, 5.74) is 9.06. The summed E-state index contributed by atoms with van der Waals surface area (Å²) in [4.78, 5) is 45.8. The number of aromatic nitrogens is 4. The van der Waals surface area contributed by atoms with Crippen LogP contribution >= 0.6 is 0 Å². The van der Waals surface area contributed by atoms with Crippen molar-refractivity contribution in [3.8, 4) is 0 Å². The van der Waals surface area contributed by atoms with E-state index < -0.39 is 42.2 Å². The van der Waals surface area contributed by atoms with Crippen molar-refractivity contribution in [2.75, 3.05) is 18.4 Å². The van der Waals surface area contributed by atoms with Gasteiger partial charge in [-0.25, -0.2) is 46.7 Å². The second-order valence-corrected chi connectivity index (χ2v) is 28.6. The van der Waals surface area contributed by atoms with Crippen molar-refractivity contribution in [1.82, 2.24) is 29.7 Å². The Labute approximate surface area is 458 Å². The highest BCUT2D eigenvalue weighted by Crippen LogP contribution is 2.39. The van der Waals surface area contributed by atoms with Crippen LogP contribution in [0.3, 0.4) is 0 Å². The molecule has 18 nitrogen and oxygen atoms in total. The molecule has 6 rings (SSSR count). The maximum absolute atomic E-state index is 12.9. The fourth-order valence-electron chi connectivity index (χ4n) is 9.20. The Morgan fingerprint density at radius 2 is 1.06 bits per heavy atom. The molecule has 2 saturated heterocycles. The molecule has 21 heteroatoms. The number of nitrogens with one attached hydrogen (secondary N) is 1. The number of amides is 2. The van der Waals surface area contributed by atoms with Gasteiger partial charge >= 0.3 is 12.2 Å². The van der Waals surface area contributed by atoms with Gasteiger partial charge in [-0.1, -0.05) is 65.8 Å². The van der Waals surface area contributed by atoms with Crippen LogP contribution in [-0.4, -0.2) is 94.1 Å². The van der Waals surface area contributed by atoms with E-state index in [9.17, 15) is 30.8 Å². The van der Waals surface area contributed by atoms with Crippen molar-refractivity contribution in [1.29, 1.82) is 0 Å². The van der Waals surface area contributed by atoms with E-state index >= 15 is 0 Å². The topological polar surface area (TPSA) is 269 Å². The van der Waals surface area contributed by atoms with Gasteiger partial charge in [0.05, 0.1) is 17.4 Å². The summed E-state index contributed by atoms with van der Waals surface area (Å²) in [5, 5.41) is 12.7. The van der Waals surface area contributed by atoms with Gasteiger partial charge in [-0.2, -0.15) is 4.39 Å². The lowest BCUT2D eigenvalue weighted by molar-refractivity contribution is 0.0118. The minimum Gasteiger partial charge on any atom is -0.444 e. The van der Waals surface area contributed by atoms with Crippen molar-refractivity contribution in [3.63, 3.8) is 0 Å². The lowest BCUT2D eigenvalue weighted by Crippen LogP contribution is -2.45. The molecule has 4 atom stereocenters. The lowest BCUT2D eigenvalue weighted by Gasteiger charge is -2.33. The predicted molar refractivity (Wildman–Crippen MR) is 299 cm³/mol. The van der Waals surface area contributed by atoms with Crippen LogP contribution in [0, 0.1) is 17.8 Å². The van der Waals surface area contributed by atoms with Crippen LogP contribution in [0.5, 0.6) is 0 Å². The van der Waals surface area contributed by atoms with Crippen LogP contribution in [0.2, 0.25) is 0 Å². The third-order valence-corrected chi connectivity index (χ3v) is 14.9. The molecule has 0 radical (unpaired) electrons. The lowest BCUT2D eigenvalue weighted by atomic mass is 9.87. The van der Waals surface area contributed by atoms with Gasteiger partial charge < -0.3 is 30.3 Å². The Balaban J connectivity index is 0.000000285. The Morgan fingerprint density at radius 1 is 0.649 bits per heavy atom. The number of rotatable bonds is 12. The van der Waals surface area contributed by atoms with E-state index in [0.29, 0.717) is 24.7 Å². The van der Waals surface area contributed by atoms with E-state index in [4.69, 9.17) is 25.3 Å². The Morgan fingerprint density at radius 3 is 1.44 bits per heavy atom. The van der Waals surface area contributed by atoms with E-state index in [0.717, 1.165) is 67.7 Å². The smallest absolute Gasteiger partial charge is 0.410 e. The number of ether oxygens (including phenoxy) is 2.